The van der Waals surface area contributed by atoms with Gasteiger partial charge in [-0.25, -0.2) is 0 Å². The number of amides is 2. The van der Waals surface area contributed by atoms with Crippen LogP contribution in [0.2, 0.25) is 0 Å². The van der Waals surface area contributed by atoms with E-state index in [1.807, 2.05) is 0 Å². The Bertz CT molecular complexity index is 243. The molecule has 5 nitrogen and oxygen atoms in total. The molecule has 1 fully saturated rings. The lowest BCUT2D eigenvalue weighted by Gasteiger charge is -2.19. The molecule has 0 aromatic carbocycles. The van der Waals surface area contributed by atoms with Gasteiger partial charge in [0, 0.05) is 33.2 Å². The van der Waals surface area contributed by atoms with Crippen LogP contribution in [0.3, 0.4) is 0 Å². The number of hydrogen-bond donors (Lipinski definition) is 1. The quantitative estimate of drug-likeness (QED) is 0.685. The van der Waals surface area contributed by atoms with Crippen molar-refractivity contribution in [3.05, 3.63) is 0 Å². The molecule has 0 saturated carbocycles. The molecule has 0 aromatic heterocycles. The number of aliphatic hydroxyl groups is 1. The number of rotatable bonds is 3. The lowest BCUT2D eigenvalue weighted by Crippen LogP contribution is -2.37. The van der Waals surface area contributed by atoms with Crippen LogP contribution < -0.4 is 0 Å². The summed E-state index contributed by atoms with van der Waals surface area (Å²) in [5.41, 5.74) is 0. The molecule has 0 spiro atoms. The highest BCUT2D eigenvalue weighted by Gasteiger charge is 2.21. The zero-order valence-electron chi connectivity index (χ0n) is 9.11. The fourth-order valence-corrected chi connectivity index (χ4v) is 1.59. The second kappa shape index (κ2) is 5.70. The van der Waals surface area contributed by atoms with Gasteiger partial charge >= 0.3 is 0 Å². The Kier molecular flexibility index (Phi) is 4.55. The first-order chi connectivity index (χ1) is 7.15. The molecule has 2 amide bonds. The molecule has 1 saturated heterocycles. The van der Waals surface area contributed by atoms with Crippen molar-refractivity contribution in [3.63, 3.8) is 0 Å². The van der Waals surface area contributed by atoms with Gasteiger partial charge in [-0.05, 0) is 12.8 Å². The number of hydrogen-bond acceptors (Lipinski definition) is 3. The molecule has 1 rings (SSSR count). The number of aliphatic hydroxyl groups excluding tert-OH is 1. The van der Waals surface area contributed by atoms with Crippen molar-refractivity contribution in [3.8, 4) is 0 Å². The molecule has 0 bridgehead atoms. The van der Waals surface area contributed by atoms with Gasteiger partial charge < -0.3 is 14.9 Å². The molecule has 15 heavy (non-hydrogen) atoms. The third-order valence-corrected chi connectivity index (χ3v) is 2.57. The Labute approximate surface area is 89.7 Å². The Morgan fingerprint density at radius 3 is 2.87 bits per heavy atom. The van der Waals surface area contributed by atoms with Crippen molar-refractivity contribution < 1.29 is 14.7 Å². The second-order valence-electron chi connectivity index (χ2n) is 3.81. The zero-order chi connectivity index (χ0) is 11.3. The molecule has 0 aromatic rings. The minimum atomic E-state index is -0.0345. The Morgan fingerprint density at radius 1 is 1.47 bits per heavy atom. The summed E-state index contributed by atoms with van der Waals surface area (Å²) >= 11 is 0. The lowest BCUT2D eigenvalue weighted by molar-refractivity contribution is -0.138. The summed E-state index contributed by atoms with van der Waals surface area (Å²) in [6, 6.07) is 0. The molecule has 5 heteroatoms. The molecule has 1 N–H and O–H groups in total. The number of carbonyl (C=O) groups is 2. The SMILES string of the molecule is CN1CCCN(C(=O)CCCO)CC1=O. The van der Waals surface area contributed by atoms with Crippen molar-refractivity contribution >= 4 is 11.8 Å². The first-order valence-electron chi connectivity index (χ1n) is 5.27. The van der Waals surface area contributed by atoms with E-state index < -0.39 is 0 Å². The molecule has 1 aliphatic heterocycles. The topological polar surface area (TPSA) is 60.9 Å². The van der Waals surface area contributed by atoms with E-state index in [2.05, 4.69) is 0 Å². The standard InChI is InChI=1S/C10H18N2O3/c1-11-5-3-6-12(8-10(11)15)9(14)4-2-7-13/h13H,2-8H2,1H3. The van der Waals surface area contributed by atoms with Crippen LogP contribution in [-0.2, 0) is 9.59 Å². The molecular weight excluding hydrogens is 196 g/mol. The van der Waals surface area contributed by atoms with Crippen LogP contribution >= 0.6 is 0 Å². The van der Waals surface area contributed by atoms with E-state index in [-0.39, 0.29) is 25.0 Å². The van der Waals surface area contributed by atoms with Crippen molar-refractivity contribution in [2.75, 3.05) is 33.3 Å². The van der Waals surface area contributed by atoms with Crippen LogP contribution in [0.4, 0.5) is 0 Å². The van der Waals surface area contributed by atoms with Gasteiger partial charge in [0.1, 0.15) is 0 Å². The highest BCUT2D eigenvalue weighted by atomic mass is 16.3. The summed E-state index contributed by atoms with van der Waals surface area (Å²) in [5.74, 6) is -0.0439. The predicted octanol–water partition coefficient (Wildman–Crippen LogP) is -0.550. The number of carbonyl (C=O) groups excluding carboxylic acids is 2. The van der Waals surface area contributed by atoms with Gasteiger partial charge in [-0.15, -0.1) is 0 Å². The van der Waals surface area contributed by atoms with Crippen molar-refractivity contribution in [2.24, 2.45) is 0 Å². The molecule has 0 aliphatic carbocycles. The van der Waals surface area contributed by atoms with E-state index in [1.165, 1.54) is 0 Å². The summed E-state index contributed by atoms with van der Waals surface area (Å²) in [4.78, 5) is 26.3. The van der Waals surface area contributed by atoms with Gasteiger partial charge in [0.15, 0.2) is 0 Å². The van der Waals surface area contributed by atoms with E-state index in [9.17, 15) is 9.59 Å². The smallest absolute Gasteiger partial charge is 0.241 e. The van der Waals surface area contributed by atoms with Gasteiger partial charge in [-0.2, -0.15) is 0 Å². The van der Waals surface area contributed by atoms with E-state index >= 15 is 0 Å². The predicted molar refractivity (Wildman–Crippen MR) is 55.2 cm³/mol. The fourth-order valence-electron chi connectivity index (χ4n) is 1.59. The van der Waals surface area contributed by atoms with E-state index in [1.54, 1.807) is 16.8 Å². The van der Waals surface area contributed by atoms with Crippen LogP contribution in [0.25, 0.3) is 0 Å². The monoisotopic (exact) mass is 214 g/mol. The lowest BCUT2D eigenvalue weighted by atomic mass is 10.2. The van der Waals surface area contributed by atoms with Crippen LogP contribution in [0.5, 0.6) is 0 Å². The van der Waals surface area contributed by atoms with Gasteiger partial charge in [0.2, 0.25) is 11.8 Å². The molecular formula is C10H18N2O3. The Balaban J connectivity index is 2.47. The van der Waals surface area contributed by atoms with Gasteiger partial charge in [0.05, 0.1) is 6.54 Å². The Morgan fingerprint density at radius 2 is 2.20 bits per heavy atom. The molecule has 0 unspecified atom stereocenters. The molecule has 1 aliphatic rings. The van der Waals surface area contributed by atoms with Crippen molar-refractivity contribution in [1.29, 1.82) is 0 Å². The van der Waals surface area contributed by atoms with Crippen LogP contribution in [0.15, 0.2) is 0 Å². The van der Waals surface area contributed by atoms with Gasteiger partial charge in [-0.3, -0.25) is 9.59 Å². The van der Waals surface area contributed by atoms with E-state index in [4.69, 9.17) is 5.11 Å². The van der Waals surface area contributed by atoms with Gasteiger partial charge in [0.25, 0.3) is 0 Å². The normalized spacial score (nSPS) is 17.9. The number of nitrogens with zero attached hydrogens (tertiary/aromatic N) is 2. The average molecular weight is 214 g/mol. The third kappa shape index (κ3) is 3.51. The maximum atomic E-state index is 11.6. The molecule has 86 valence electrons. The van der Waals surface area contributed by atoms with Gasteiger partial charge in [-0.1, -0.05) is 0 Å². The highest BCUT2D eigenvalue weighted by molar-refractivity contribution is 5.85. The average Bonchev–Trinajstić information content (AvgIpc) is 2.38. The van der Waals surface area contributed by atoms with E-state index in [0.717, 1.165) is 6.42 Å². The van der Waals surface area contributed by atoms with Crippen molar-refractivity contribution in [2.45, 2.75) is 19.3 Å². The molecule has 1 heterocycles. The first kappa shape index (κ1) is 12.0. The summed E-state index contributed by atoms with van der Waals surface area (Å²) in [6.45, 7) is 1.55. The summed E-state index contributed by atoms with van der Waals surface area (Å²) in [5, 5.41) is 8.62. The molecule has 0 atom stereocenters. The van der Waals surface area contributed by atoms with Crippen LogP contribution in [-0.4, -0.2) is 60.0 Å². The highest BCUT2D eigenvalue weighted by Crippen LogP contribution is 2.05. The third-order valence-electron chi connectivity index (χ3n) is 2.57. The zero-order valence-corrected chi connectivity index (χ0v) is 9.11. The maximum Gasteiger partial charge on any atom is 0.241 e. The number of likely N-dealkylation sites (N-methyl/N-ethyl adjacent to an activating group) is 1. The summed E-state index contributed by atoms with van der Waals surface area (Å²) in [7, 11) is 1.75. The minimum Gasteiger partial charge on any atom is -0.396 e. The molecule has 0 radical (unpaired) electrons. The van der Waals surface area contributed by atoms with Crippen LogP contribution in [0.1, 0.15) is 19.3 Å². The van der Waals surface area contributed by atoms with Crippen molar-refractivity contribution in [1.82, 2.24) is 9.80 Å². The largest absolute Gasteiger partial charge is 0.396 e. The first-order valence-corrected chi connectivity index (χ1v) is 5.27. The summed E-state index contributed by atoms with van der Waals surface area (Å²) < 4.78 is 0. The minimum absolute atomic E-state index is 0.00940. The summed E-state index contributed by atoms with van der Waals surface area (Å²) in [6.07, 6.45) is 1.62. The van der Waals surface area contributed by atoms with E-state index in [0.29, 0.717) is 25.9 Å². The second-order valence-corrected chi connectivity index (χ2v) is 3.81. The Hall–Kier alpha value is -1.10. The maximum absolute atomic E-state index is 11.6. The van der Waals surface area contributed by atoms with Crippen LogP contribution in [0, 0.1) is 0 Å². The fraction of sp³-hybridized carbons (Fsp3) is 0.800.